The van der Waals surface area contributed by atoms with E-state index in [1.165, 1.54) is 0 Å². The molecule has 1 saturated carbocycles. The lowest BCUT2D eigenvalue weighted by molar-refractivity contribution is -0.144. The van der Waals surface area contributed by atoms with Crippen LogP contribution < -0.4 is 4.90 Å². The molecule has 0 spiro atoms. The van der Waals surface area contributed by atoms with Crippen LogP contribution in [0.15, 0.2) is 28.7 Å². The summed E-state index contributed by atoms with van der Waals surface area (Å²) in [5.74, 6) is -0.114. The number of alkyl halides is 1. The number of halogens is 1. The number of oxazole rings is 1. The summed E-state index contributed by atoms with van der Waals surface area (Å²) in [5.41, 5.74) is 2.07. The Labute approximate surface area is 195 Å². The van der Waals surface area contributed by atoms with Crippen LogP contribution >= 0.6 is 0 Å². The summed E-state index contributed by atoms with van der Waals surface area (Å²) in [6.07, 6.45) is -0.361. The van der Waals surface area contributed by atoms with Gasteiger partial charge in [-0.25, -0.2) is 9.37 Å². The summed E-state index contributed by atoms with van der Waals surface area (Å²) in [5, 5.41) is 9.77. The predicted molar refractivity (Wildman–Crippen MR) is 129 cm³/mol. The maximum absolute atomic E-state index is 14.0. The largest absolute Gasteiger partial charge is 0.481 e. The molecule has 2 fully saturated rings. The van der Waals surface area contributed by atoms with Gasteiger partial charge in [0, 0.05) is 47.2 Å². The summed E-state index contributed by atoms with van der Waals surface area (Å²) in [7, 11) is -2.50. The second-order valence-electron chi connectivity index (χ2n) is 10.3. The molecule has 1 aromatic carbocycles. The van der Waals surface area contributed by atoms with Crippen molar-refractivity contribution in [2.75, 3.05) is 29.5 Å². The fourth-order valence-electron chi connectivity index (χ4n) is 4.71. The Balaban J connectivity index is 1.68. The van der Waals surface area contributed by atoms with Gasteiger partial charge in [-0.3, -0.25) is 9.57 Å². The number of thiol groups is 1. The molecule has 3 N–H and O–H groups in total. The van der Waals surface area contributed by atoms with E-state index in [0.29, 0.717) is 54.8 Å². The number of hydrogen-bond acceptors (Lipinski definition) is 5. The normalized spacial score (nSPS) is 26.7. The third kappa shape index (κ3) is 5.14. The molecule has 33 heavy (non-hydrogen) atoms. The molecule has 1 aliphatic heterocycles. The number of carboxylic acids is 1. The molecule has 0 amide bonds. The highest BCUT2D eigenvalue weighted by atomic mass is 32.3. The molecule has 2 aromatic rings. The molecule has 182 valence electrons. The van der Waals surface area contributed by atoms with Crippen molar-refractivity contribution in [1.29, 1.82) is 4.78 Å². The van der Waals surface area contributed by atoms with Gasteiger partial charge in [0.05, 0.1) is 11.6 Å². The molecule has 4 rings (SSSR count). The van der Waals surface area contributed by atoms with E-state index >= 15 is 0 Å². The van der Waals surface area contributed by atoms with Crippen molar-refractivity contribution in [3.05, 3.63) is 35.9 Å². The van der Waals surface area contributed by atoms with Crippen molar-refractivity contribution >= 4 is 21.8 Å². The van der Waals surface area contributed by atoms with Gasteiger partial charge in [-0.05, 0) is 43.5 Å². The van der Waals surface area contributed by atoms with E-state index in [4.69, 9.17) is 14.2 Å². The second kappa shape index (κ2) is 8.83. The van der Waals surface area contributed by atoms with Crippen LogP contribution in [-0.4, -0.2) is 51.4 Å². The van der Waals surface area contributed by atoms with Gasteiger partial charge in [-0.1, -0.05) is 20.8 Å². The van der Waals surface area contributed by atoms with Gasteiger partial charge in [0.2, 0.25) is 5.89 Å². The minimum absolute atomic E-state index is 0.00392. The Hall–Kier alpha value is -2.26. The van der Waals surface area contributed by atoms with Gasteiger partial charge in [0.25, 0.3) is 0 Å². The van der Waals surface area contributed by atoms with Crippen molar-refractivity contribution in [3.63, 3.8) is 0 Å². The fourth-order valence-corrected chi connectivity index (χ4v) is 6.08. The summed E-state index contributed by atoms with van der Waals surface area (Å²) < 4.78 is 38.2. The number of carbonyl (C=O) groups is 1. The SMILES string of the molecule is CC(C)(C)c1nc([C@@H]2CC[C@H](F)C[C@H]2C(=O)O)c(-c2ccc(N3CC[SH](=N)(O)CC3)cc2)o1. The zero-order valence-corrected chi connectivity index (χ0v) is 20.3. The third-order valence-corrected chi connectivity index (χ3v) is 8.60. The average molecular weight is 480 g/mol. The molecule has 2 heterocycles. The van der Waals surface area contributed by atoms with Crippen LogP contribution in [0, 0.1) is 10.7 Å². The van der Waals surface area contributed by atoms with Gasteiger partial charge in [0.1, 0.15) is 6.17 Å². The molecule has 1 aliphatic carbocycles. The first-order valence-corrected chi connectivity index (χ1v) is 13.6. The molecule has 0 bridgehead atoms. The molecule has 2 aliphatic rings. The highest BCUT2D eigenvalue weighted by Crippen LogP contribution is 2.44. The molecule has 1 saturated heterocycles. The average Bonchev–Trinajstić information content (AvgIpc) is 3.20. The zero-order chi connectivity index (χ0) is 24.0. The maximum Gasteiger partial charge on any atom is 0.307 e. The van der Waals surface area contributed by atoms with E-state index in [1.807, 2.05) is 45.0 Å². The molecule has 3 atom stereocenters. The standard InChI is InChI=1S/C24H34FN3O4S/c1-24(2,3)23-27-20(18-9-6-16(25)14-19(18)22(29)30)21(32-23)15-4-7-17(8-5-15)28-10-12-33(26,31)13-11-28/h4-5,7-8,16,18-19,33H,6,9-14H2,1-3H3,(H2,26,31)(H,29,30)/t16-,18+,19+/m0/s1. The highest BCUT2D eigenvalue weighted by Gasteiger charge is 2.40. The summed E-state index contributed by atoms with van der Waals surface area (Å²) in [6.45, 7) is 7.29. The number of rotatable bonds is 4. The summed E-state index contributed by atoms with van der Waals surface area (Å²) in [6, 6.07) is 7.86. The quantitative estimate of drug-likeness (QED) is 0.465. The number of aromatic nitrogens is 1. The van der Waals surface area contributed by atoms with Crippen LogP contribution in [0.2, 0.25) is 0 Å². The third-order valence-electron chi connectivity index (χ3n) is 6.72. The number of benzene rings is 1. The lowest BCUT2D eigenvalue weighted by Crippen LogP contribution is -2.42. The van der Waals surface area contributed by atoms with Crippen molar-refractivity contribution in [2.24, 2.45) is 5.92 Å². The van der Waals surface area contributed by atoms with E-state index in [2.05, 4.69) is 4.90 Å². The number of nitrogens with one attached hydrogen (secondary N) is 1. The zero-order valence-electron chi connectivity index (χ0n) is 19.4. The smallest absolute Gasteiger partial charge is 0.307 e. The Morgan fingerprint density at radius 2 is 1.85 bits per heavy atom. The number of carboxylic acid groups (broad SMARTS) is 1. The van der Waals surface area contributed by atoms with Crippen LogP contribution in [0.3, 0.4) is 0 Å². The van der Waals surface area contributed by atoms with E-state index in [1.54, 1.807) is 0 Å². The number of hydrogen-bond donors (Lipinski definition) is 4. The lowest BCUT2D eigenvalue weighted by atomic mass is 9.76. The van der Waals surface area contributed by atoms with Crippen LogP contribution in [0.1, 0.15) is 57.5 Å². The Morgan fingerprint density at radius 1 is 1.21 bits per heavy atom. The van der Waals surface area contributed by atoms with Crippen molar-refractivity contribution < 1.29 is 23.3 Å². The van der Waals surface area contributed by atoms with Crippen molar-refractivity contribution in [2.45, 2.75) is 57.5 Å². The van der Waals surface area contributed by atoms with Crippen molar-refractivity contribution in [1.82, 2.24) is 4.98 Å². The first-order chi connectivity index (χ1) is 15.4. The van der Waals surface area contributed by atoms with E-state index in [9.17, 15) is 18.8 Å². The summed E-state index contributed by atoms with van der Waals surface area (Å²) >= 11 is 0. The molecule has 7 nitrogen and oxygen atoms in total. The number of anilines is 1. The van der Waals surface area contributed by atoms with E-state index in [0.717, 1.165) is 11.3 Å². The first-order valence-electron chi connectivity index (χ1n) is 11.5. The molecular formula is C24H34FN3O4S. The van der Waals surface area contributed by atoms with Crippen LogP contribution in [0.4, 0.5) is 10.1 Å². The van der Waals surface area contributed by atoms with Gasteiger partial charge in [-0.2, -0.15) is 0 Å². The second-order valence-corrected chi connectivity index (χ2v) is 13.1. The van der Waals surface area contributed by atoms with Gasteiger partial charge >= 0.3 is 5.97 Å². The molecular weight excluding hydrogens is 445 g/mol. The predicted octanol–water partition coefficient (Wildman–Crippen LogP) is 4.89. The van der Waals surface area contributed by atoms with Crippen LogP contribution in [0.5, 0.6) is 0 Å². The molecule has 1 aromatic heterocycles. The van der Waals surface area contributed by atoms with E-state index in [-0.39, 0.29) is 11.8 Å². The van der Waals surface area contributed by atoms with Gasteiger partial charge < -0.3 is 19.0 Å². The Bertz CT molecular complexity index is 1050. The molecule has 9 heteroatoms. The van der Waals surface area contributed by atoms with E-state index < -0.39 is 34.1 Å². The van der Waals surface area contributed by atoms with Crippen LogP contribution in [0.25, 0.3) is 11.3 Å². The Kier molecular flexibility index (Phi) is 6.39. The minimum atomic E-state index is -2.50. The maximum atomic E-state index is 14.0. The summed E-state index contributed by atoms with van der Waals surface area (Å²) in [4.78, 5) is 18.9. The lowest BCUT2D eigenvalue weighted by Gasteiger charge is -2.36. The topological polar surface area (TPSA) is 111 Å². The highest BCUT2D eigenvalue weighted by molar-refractivity contribution is 7.98. The molecule has 0 radical (unpaired) electrons. The fraction of sp³-hybridized carbons (Fsp3) is 0.583. The van der Waals surface area contributed by atoms with Gasteiger partial charge in [0.15, 0.2) is 5.76 Å². The van der Waals surface area contributed by atoms with Crippen LogP contribution in [-0.2, 0) is 20.3 Å². The number of nitrogens with zero attached hydrogens (tertiary/aromatic N) is 2. The van der Waals surface area contributed by atoms with Gasteiger partial charge in [-0.15, -0.1) is 10.1 Å². The first kappa shape index (κ1) is 23.9. The monoisotopic (exact) mass is 479 g/mol. The minimum Gasteiger partial charge on any atom is -0.481 e. The molecule has 0 unspecified atom stereocenters. The Morgan fingerprint density at radius 3 is 2.42 bits per heavy atom. The van der Waals surface area contributed by atoms with Crippen molar-refractivity contribution in [3.8, 4) is 11.3 Å². The number of aliphatic carboxylic acids is 1.